The zero-order valence-electron chi connectivity index (χ0n) is 17.9. The highest BCUT2D eigenvalue weighted by molar-refractivity contribution is 9.10. The maximum atomic E-state index is 10.0. The van der Waals surface area contributed by atoms with E-state index in [1.165, 1.54) is 51.4 Å². The van der Waals surface area contributed by atoms with E-state index in [9.17, 15) is 5.11 Å². The summed E-state index contributed by atoms with van der Waals surface area (Å²) in [6.45, 7) is 4.06. The summed E-state index contributed by atoms with van der Waals surface area (Å²) < 4.78 is 0.890. The quantitative estimate of drug-likeness (QED) is 0.449. The van der Waals surface area contributed by atoms with Crippen molar-refractivity contribution >= 4 is 39.7 Å². The summed E-state index contributed by atoms with van der Waals surface area (Å²) in [4.78, 5) is 14.4. The van der Waals surface area contributed by atoms with E-state index >= 15 is 0 Å². The van der Waals surface area contributed by atoms with E-state index in [2.05, 4.69) is 36.3 Å². The van der Waals surface area contributed by atoms with Gasteiger partial charge in [-0.2, -0.15) is 15.1 Å². The van der Waals surface area contributed by atoms with Gasteiger partial charge in [0, 0.05) is 42.3 Å². The average Bonchev–Trinajstić information content (AvgIpc) is 3.21. The summed E-state index contributed by atoms with van der Waals surface area (Å²) >= 11 is 3.43. The van der Waals surface area contributed by atoms with Crippen molar-refractivity contribution in [3.8, 4) is 5.75 Å². The van der Waals surface area contributed by atoms with Gasteiger partial charge >= 0.3 is 0 Å². The van der Waals surface area contributed by atoms with Crippen LogP contribution in [0.5, 0.6) is 5.75 Å². The van der Waals surface area contributed by atoms with Gasteiger partial charge in [-0.3, -0.25) is 5.43 Å². The van der Waals surface area contributed by atoms with Gasteiger partial charge in [0.05, 0.1) is 6.21 Å². The number of benzene rings is 1. The third-order valence-electron chi connectivity index (χ3n) is 5.89. The van der Waals surface area contributed by atoms with Gasteiger partial charge in [0.1, 0.15) is 11.6 Å². The van der Waals surface area contributed by atoms with E-state index in [1.54, 1.807) is 18.3 Å². The first kappa shape index (κ1) is 21.9. The zero-order valence-corrected chi connectivity index (χ0v) is 19.5. The average molecular weight is 487 g/mol. The Bertz CT molecular complexity index is 851. The molecule has 3 heterocycles. The molecule has 2 N–H and O–H groups in total. The summed E-state index contributed by atoms with van der Waals surface area (Å²) in [7, 11) is 0. The molecule has 2 saturated heterocycles. The first-order valence-electron chi connectivity index (χ1n) is 11.4. The fourth-order valence-electron chi connectivity index (χ4n) is 4.15. The highest BCUT2D eigenvalue weighted by Crippen LogP contribution is 2.25. The molecule has 4 rings (SSSR count). The molecular weight excluding hydrogens is 456 g/mol. The standard InChI is InChI=1S/C23H31BrN6O/c24-19-9-10-20(31)18(15-19)17-25-28-21-16-22(29-11-5-1-2-6-12-29)27-23(26-21)30-13-7-3-4-8-14-30/h9-10,15-17,31H,1-8,11-14H2,(H,26,27,28)/b25-17-. The zero-order chi connectivity index (χ0) is 21.5. The monoisotopic (exact) mass is 486 g/mol. The fraction of sp³-hybridized carbons (Fsp3) is 0.522. The second-order valence-electron chi connectivity index (χ2n) is 8.29. The lowest BCUT2D eigenvalue weighted by Crippen LogP contribution is -2.29. The fourth-order valence-corrected chi connectivity index (χ4v) is 4.53. The Morgan fingerprint density at radius 2 is 1.52 bits per heavy atom. The minimum Gasteiger partial charge on any atom is -0.507 e. The molecule has 0 spiro atoms. The second-order valence-corrected chi connectivity index (χ2v) is 9.20. The largest absolute Gasteiger partial charge is 0.507 e. The van der Waals surface area contributed by atoms with E-state index < -0.39 is 0 Å². The van der Waals surface area contributed by atoms with Crippen LogP contribution in [0.1, 0.15) is 56.9 Å². The lowest BCUT2D eigenvalue weighted by molar-refractivity contribution is 0.474. The molecule has 0 atom stereocenters. The predicted octanol–water partition coefficient (Wildman–Crippen LogP) is 5.15. The normalized spacial score (nSPS) is 18.1. The molecule has 0 amide bonds. The number of aromatic hydroxyl groups is 1. The van der Waals surface area contributed by atoms with Gasteiger partial charge in [-0.05, 0) is 43.9 Å². The molecule has 7 nitrogen and oxygen atoms in total. The number of anilines is 3. The molecule has 0 aliphatic carbocycles. The SMILES string of the molecule is Oc1ccc(Br)cc1/C=N\Nc1cc(N2CCCCCC2)nc(N2CCCCCC2)n1. The molecule has 2 aromatic rings. The number of hydrogen-bond acceptors (Lipinski definition) is 7. The van der Waals surface area contributed by atoms with Crippen molar-refractivity contribution < 1.29 is 5.11 Å². The van der Waals surface area contributed by atoms with E-state index in [4.69, 9.17) is 9.97 Å². The molecule has 1 aromatic carbocycles. The second kappa shape index (κ2) is 10.8. The molecule has 8 heteroatoms. The van der Waals surface area contributed by atoms with E-state index in [-0.39, 0.29) is 5.75 Å². The number of nitrogens with zero attached hydrogens (tertiary/aromatic N) is 5. The Balaban J connectivity index is 1.58. The molecule has 2 fully saturated rings. The molecule has 0 unspecified atom stereocenters. The Hall–Kier alpha value is -2.35. The summed E-state index contributed by atoms with van der Waals surface area (Å²) in [6, 6.07) is 7.26. The topological polar surface area (TPSA) is 76.9 Å². The van der Waals surface area contributed by atoms with Gasteiger partial charge in [0.2, 0.25) is 5.95 Å². The molecule has 31 heavy (non-hydrogen) atoms. The van der Waals surface area contributed by atoms with Crippen molar-refractivity contribution in [3.63, 3.8) is 0 Å². The van der Waals surface area contributed by atoms with E-state index in [0.29, 0.717) is 11.4 Å². The first-order valence-corrected chi connectivity index (χ1v) is 12.1. The molecule has 2 aliphatic rings. The molecule has 0 saturated carbocycles. The van der Waals surface area contributed by atoms with Crippen LogP contribution < -0.4 is 15.2 Å². The summed E-state index contributed by atoms with van der Waals surface area (Å²) in [5, 5.41) is 14.4. The number of rotatable bonds is 5. The lowest BCUT2D eigenvalue weighted by atomic mass is 10.2. The van der Waals surface area contributed by atoms with Gasteiger partial charge in [-0.1, -0.05) is 41.6 Å². The number of hydrogen-bond donors (Lipinski definition) is 2. The van der Waals surface area contributed by atoms with Crippen molar-refractivity contribution in [1.82, 2.24) is 9.97 Å². The van der Waals surface area contributed by atoms with Gasteiger partial charge in [-0.25, -0.2) is 0 Å². The van der Waals surface area contributed by atoms with Crippen LogP contribution >= 0.6 is 15.9 Å². The van der Waals surface area contributed by atoms with Crippen LogP contribution in [0, 0.1) is 0 Å². The van der Waals surface area contributed by atoms with Crippen LogP contribution in [0.25, 0.3) is 0 Å². The number of phenols is 1. The van der Waals surface area contributed by atoms with Crippen molar-refractivity contribution in [2.24, 2.45) is 5.10 Å². The lowest BCUT2D eigenvalue weighted by Gasteiger charge is -2.25. The smallest absolute Gasteiger partial charge is 0.229 e. The van der Waals surface area contributed by atoms with Crippen LogP contribution in [0.2, 0.25) is 0 Å². The van der Waals surface area contributed by atoms with Gasteiger partial charge < -0.3 is 14.9 Å². The number of nitrogens with one attached hydrogen (secondary N) is 1. The third-order valence-corrected chi connectivity index (χ3v) is 6.39. The minimum atomic E-state index is 0.187. The van der Waals surface area contributed by atoms with Gasteiger partial charge in [0.25, 0.3) is 0 Å². The van der Waals surface area contributed by atoms with Crippen molar-refractivity contribution in [2.45, 2.75) is 51.4 Å². The summed E-state index contributed by atoms with van der Waals surface area (Å²) in [6.07, 6.45) is 11.5. The van der Waals surface area contributed by atoms with Crippen molar-refractivity contribution in [3.05, 3.63) is 34.3 Å². The van der Waals surface area contributed by atoms with Crippen molar-refractivity contribution in [2.75, 3.05) is 41.4 Å². The molecule has 2 aliphatic heterocycles. The maximum absolute atomic E-state index is 10.0. The molecule has 166 valence electrons. The van der Waals surface area contributed by atoms with Crippen molar-refractivity contribution in [1.29, 1.82) is 0 Å². The maximum Gasteiger partial charge on any atom is 0.229 e. The summed E-state index contributed by atoms with van der Waals surface area (Å²) in [5.74, 6) is 2.62. The highest BCUT2D eigenvalue weighted by atomic mass is 79.9. The Morgan fingerprint density at radius 3 is 2.19 bits per heavy atom. The third kappa shape index (κ3) is 6.09. The van der Waals surface area contributed by atoms with Crippen LogP contribution in [0.15, 0.2) is 33.8 Å². The van der Waals surface area contributed by atoms with Gasteiger partial charge in [0.15, 0.2) is 5.82 Å². The van der Waals surface area contributed by atoms with Crippen LogP contribution in [0.3, 0.4) is 0 Å². The summed E-state index contributed by atoms with van der Waals surface area (Å²) in [5.41, 5.74) is 3.70. The van der Waals surface area contributed by atoms with Gasteiger partial charge in [-0.15, -0.1) is 0 Å². The number of halogens is 1. The van der Waals surface area contributed by atoms with Crippen LogP contribution in [0.4, 0.5) is 17.6 Å². The van der Waals surface area contributed by atoms with E-state index in [1.807, 2.05) is 12.1 Å². The number of phenolic OH excluding ortho intramolecular Hbond substituents is 1. The highest BCUT2D eigenvalue weighted by Gasteiger charge is 2.18. The minimum absolute atomic E-state index is 0.187. The molecular formula is C23H31BrN6O. The van der Waals surface area contributed by atoms with Crippen LogP contribution in [-0.4, -0.2) is 47.5 Å². The Morgan fingerprint density at radius 1 is 0.871 bits per heavy atom. The Kier molecular flexibility index (Phi) is 7.61. The van der Waals surface area contributed by atoms with Crippen LogP contribution in [-0.2, 0) is 0 Å². The molecule has 0 bridgehead atoms. The molecule has 0 radical (unpaired) electrons. The Labute approximate surface area is 192 Å². The molecule has 1 aromatic heterocycles. The number of hydrazone groups is 1. The predicted molar refractivity (Wildman–Crippen MR) is 130 cm³/mol. The van der Waals surface area contributed by atoms with E-state index in [0.717, 1.165) is 42.4 Å². The number of aromatic nitrogens is 2. The first-order chi connectivity index (χ1) is 15.2.